The normalized spacial score (nSPS) is 12.4. The maximum absolute atomic E-state index is 12.0. The van der Waals surface area contributed by atoms with Crippen LogP contribution in [0.4, 0.5) is 0 Å². The van der Waals surface area contributed by atoms with Gasteiger partial charge in [-0.05, 0) is 31.9 Å². The monoisotopic (exact) mass is 409 g/mol. The third-order valence-electron chi connectivity index (χ3n) is 3.55. The minimum absolute atomic E-state index is 0.0185. The zero-order valence-corrected chi connectivity index (χ0v) is 17.7. The number of hydrogen-bond donors (Lipinski definition) is 3. The lowest BCUT2D eigenvalue weighted by Crippen LogP contribution is -2.36. The van der Waals surface area contributed by atoms with Crippen molar-refractivity contribution >= 4 is 27.3 Å². The molecular weight excluding hydrogens is 382 g/mol. The molecule has 0 amide bonds. The Morgan fingerprint density at radius 1 is 1.15 bits per heavy atom. The molecule has 7 nitrogen and oxygen atoms in total. The van der Waals surface area contributed by atoms with Crippen molar-refractivity contribution in [2.24, 2.45) is 4.99 Å². The average molecular weight is 410 g/mol. The highest BCUT2D eigenvalue weighted by Gasteiger charge is 2.12. The fraction of sp³-hybridized carbons (Fsp3) is 0.444. The summed E-state index contributed by atoms with van der Waals surface area (Å²) in [5.41, 5.74) is 1.80. The Bertz CT molecular complexity index is 858. The first-order valence-corrected chi connectivity index (χ1v) is 11.2. The lowest BCUT2D eigenvalue weighted by atomic mass is 10.1. The van der Waals surface area contributed by atoms with Crippen LogP contribution >= 0.6 is 11.3 Å². The van der Waals surface area contributed by atoms with Crippen molar-refractivity contribution in [3.05, 3.63) is 51.5 Å². The first-order valence-electron chi connectivity index (χ1n) is 8.71. The fourth-order valence-corrected chi connectivity index (χ4v) is 4.58. The first-order chi connectivity index (χ1) is 12.8. The number of benzene rings is 1. The standard InChI is InChI=1S/C18H27N5O2S2/c1-13(2)23-27(24,25)12-16-7-5-15(6-8-16)10-21-18(19-4)22-11-17-20-9-14(3)26-17/h5-9,13,23H,10-12H2,1-4H3,(H2,19,21,22). The Hall–Kier alpha value is -1.97. The van der Waals surface area contributed by atoms with E-state index in [1.54, 1.807) is 18.4 Å². The van der Waals surface area contributed by atoms with Crippen molar-refractivity contribution < 1.29 is 8.42 Å². The van der Waals surface area contributed by atoms with Crippen molar-refractivity contribution in [3.8, 4) is 0 Å². The topological polar surface area (TPSA) is 95.5 Å². The quantitative estimate of drug-likeness (QED) is 0.459. The molecule has 0 radical (unpaired) electrons. The minimum Gasteiger partial charge on any atom is -0.352 e. The molecule has 0 saturated heterocycles. The summed E-state index contributed by atoms with van der Waals surface area (Å²) in [6.07, 6.45) is 1.86. The lowest BCUT2D eigenvalue weighted by Gasteiger charge is -2.12. The average Bonchev–Trinajstić information content (AvgIpc) is 3.00. The van der Waals surface area contributed by atoms with Crippen LogP contribution in [-0.2, 0) is 28.9 Å². The van der Waals surface area contributed by atoms with Crippen LogP contribution < -0.4 is 15.4 Å². The summed E-state index contributed by atoms with van der Waals surface area (Å²) in [5.74, 6) is 0.672. The van der Waals surface area contributed by atoms with Gasteiger partial charge in [0.25, 0.3) is 0 Å². The lowest BCUT2D eigenvalue weighted by molar-refractivity contribution is 0.569. The number of rotatable bonds is 8. The predicted octanol–water partition coefficient (Wildman–Crippen LogP) is 2.14. The summed E-state index contributed by atoms with van der Waals surface area (Å²) in [4.78, 5) is 9.70. The minimum atomic E-state index is -3.31. The fourth-order valence-electron chi connectivity index (χ4n) is 2.42. The largest absolute Gasteiger partial charge is 0.352 e. The van der Waals surface area contributed by atoms with Gasteiger partial charge in [-0.15, -0.1) is 11.3 Å². The molecule has 9 heteroatoms. The van der Waals surface area contributed by atoms with Gasteiger partial charge >= 0.3 is 0 Å². The number of aromatic nitrogens is 1. The number of thiazole rings is 1. The molecular formula is C18H27N5O2S2. The zero-order chi connectivity index (χ0) is 19.9. The molecule has 0 aliphatic carbocycles. The van der Waals surface area contributed by atoms with Crippen LogP contribution in [0.2, 0.25) is 0 Å². The molecule has 1 aromatic carbocycles. The maximum atomic E-state index is 12.0. The number of aryl methyl sites for hydroxylation is 1. The molecule has 0 bridgehead atoms. The number of nitrogens with one attached hydrogen (secondary N) is 3. The van der Waals surface area contributed by atoms with Gasteiger partial charge in [-0.3, -0.25) is 4.99 Å². The SMILES string of the molecule is CN=C(NCc1ccc(CS(=O)(=O)NC(C)C)cc1)NCc1ncc(C)s1. The number of hydrogen-bond acceptors (Lipinski definition) is 5. The number of aliphatic imine (C=N–C) groups is 1. The second-order valence-electron chi connectivity index (χ2n) is 6.49. The molecule has 2 aromatic rings. The first kappa shape index (κ1) is 21.3. The molecule has 27 heavy (non-hydrogen) atoms. The smallest absolute Gasteiger partial charge is 0.216 e. The highest BCUT2D eigenvalue weighted by atomic mass is 32.2. The van der Waals surface area contributed by atoms with Gasteiger partial charge in [0.05, 0.1) is 12.3 Å². The Labute approximate surface area is 165 Å². The van der Waals surface area contributed by atoms with E-state index >= 15 is 0 Å². The Kier molecular flexibility index (Phi) is 7.76. The number of sulfonamides is 1. The molecule has 148 valence electrons. The Balaban J connectivity index is 1.84. The molecule has 3 N–H and O–H groups in total. The number of nitrogens with zero attached hydrogens (tertiary/aromatic N) is 2. The molecule has 0 aliphatic heterocycles. The van der Waals surface area contributed by atoms with Crippen LogP contribution in [0.25, 0.3) is 0 Å². The summed E-state index contributed by atoms with van der Waals surface area (Å²) >= 11 is 1.65. The van der Waals surface area contributed by atoms with Gasteiger partial charge in [-0.25, -0.2) is 18.1 Å². The molecule has 0 atom stereocenters. The summed E-state index contributed by atoms with van der Waals surface area (Å²) < 4.78 is 26.6. The summed E-state index contributed by atoms with van der Waals surface area (Å²) in [6.45, 7) is 6.86. The molecule has 0 unspecified atom stereocenters. The van der Waals surface area contributed by atoms with E-state index in [0.29, 0.717) is 19.0 Å². The second kappa shape index (κ2) is 9.82. The van der Waals surface area contributed by atoms with Crippen molar-refractivity contribution in [1.82, 2.24) is 20.3 Å². The van der Waals surface area contributed by atoms with Gasteiger partial charge in [0.2, 0.25) is 10.0 Å². The van der Waals surface area contributed by atoms with Gasteiger partial charge in [-0.1, -0.05) is 24.3 Å². The molecule has 0 aliphatic rings. The van der Waals surface area contributed by atoms with E-state index in [1.807, 2.05) is 51.2 Å². The zero-order valence-electron chi connectivity index (χ0n) is 16.1. The third-order valence-corrected chi connectivity index (χ3v) is 6.01. The molecule has 0 saturated carbocycles. The van der Waals surface area contributed by atoms with E-state index in [0.717, 1.165) is 16.1 Å². The van der Waals surface area contributed by atoms with Gasteiger partial charge in [0.15, 0.2) is 5.96 Å². The summed E-state index contributed by atoms with van der Waals surface area (Å²) in [7, 11) is -1.59. The van der Waals surface area contributed by atoms with Crippen LogP contribution in [0.5, 0.6) is 0 Å². The summed E-state index contributed by atoms with van der Waals surface area (Å²) in [6, 6.07) is 7.41. The van der Waals surface area contributed by atoms with Crippen molar-refractivity contribution in [2.75, 3.05) is 7.05 Å². The highest BCUT2D eigenvalue weighted by Crippen LogP contribution is 2.10. The van der Waals surface area contributed by atoms with Crippen molar-refractivity contribution in [3.63, 3.8) is 0 Å². The van der Waals surface area contributed by atoms with Crippen LogP contribution in [0.15, 0.2) is 35.5 Å². The van der Waals surface area contributed by atoms with Gasteiger partial charge in [0.1, 0.15) is 5.01 Å². The molecule has 0 fully saturated rings. The van der Waals surface area contributed by atoms with Crippen molar-refractivity contribution in [1.29, 1.82) is 0 Å². The van der Waals surface area contributed by atoms with Crippen LogP contribution in [-0.4, -0.2) is 32.5 Å². The molecule has 1 aromatic heterocycles. The molecule has 2 rings (SSSR count). The number of guanidine groups is 1. The van der Waals surface area contributed by atoms with E-state index < -0.39 is 10.0 Å². The highest BCUT2D eigenvalue weighted by molar-refractivity contribution is 7.88. The van der Waals surface area contributed by atoms with Crippen LogP contribution in [0, 0.1) is 6.92 Å². The van der Waals surface area contributed by atoms with Gasteiger partial charge in [-0.2, -0.15) is 0 Å². The van der Waals surface area contributed by atoms with Gasteiger partial charge in [0, 0.05) is 30.7 Å². The maximum Gasteiger partial charge on any atom is 0.216 e. The third kappa shape index (κ3) is 7.66. The van der Waals surface area contributed by atoms with E-state index in [-0.39, 0.29) is 11.8 Å². The van der Waals surface area contributed by atoms with E-state index in [1.165, 1.54) is 4.88 Å². The van der Waals surface area contributed by atoms with Gasteiger partial charge < -0.3 is 10.6 Å². The van der Waals surface area contributed by atoms with E-state index in [4.69, 9.17) is 0 Å². The molecule has 0 spiro atoms. The van der Waals surface area contributed by atoms with E-state index in [9.17, 15) is 8.42 Å². The van der Waals surface area contributed by atoms with E-state index in [2.05, 4.69) is 25.3 Å². The molecule has 1 heterocycles. The van der Waals surface area contributed by atoms with Crippen LogP contribution in [0.3, 0.4) is 0 Å². The Morgan fingerprint density at radius 3 is 2.33 bits per heavy atom. The predicted molar refractivity (Wildman–Crippen MR) is 111 cm³/mol. The van der Waals surface area contributed by atoms with Crippen molar-refractivity contribution in [2.45, 2.75) is 45.7 Å². The second-order valence-corrected chi connectivity index (χ2v) is 9.57. The summed E-state index contributed by atoms with van der Waals surface area (Å²) in [5, 5.41) is 7.48. The van der Waals surface area contributed by atoms with Crippen LogP contribution in [0.1, 0.15) is 34.9 Å². The Morgan fingerprint density at radius 2 is 1.78 bits per heavy atom.